The molecule has 0 atom stereocenters. The van der Waals surface area contributed by atoms with Crippen LogP contribution in [-0.2, 0) is 0 Å². The normalized spacial score (nSPS) is 11.9. The van der Waals surface area contributed by atoms with Gasteiger partial charge in [0.25, 0.3) is 0 Å². The van der Waals surface area contributed by atoms with Crippen LogP contribution in [0.5, 0.6) is 23.0 Å². The van der Waals surface area contributed by atoms with Crippen molar-refractivity contribution in [2.75, 3.05) is 0 Å². The van der Waals surface area contributed by atoms with Gasteiger partial charge in [0.2, 0.25) is 17.4 Å². The van der Waals surface area contributed by atoms with Crippen molar-refractivity contribution in [2.24, 2.45) is 0 Å². The Hall–Kier alpha value is -7.79. The van der Waals surface area contributed by atoms with Gasteiger partial charge < -0.3 is 29.4 Å². The number of hydrogen-bond donors (Lipinski definition) is 4. The van der Waals surface area contributed by atoms with Crippen LogP contribution < -0.4 is 5.46 Å². The minimum Gasteiger partial charge on any atom is -0.505 e. The maximum atomic E-state index is 11.2. The molecule has 10 nitrogen and oxygen atoms in total. The van der Waals surface area contributed by atoms with Gasteiger partial charge in [-0.2, -0.15) is 9.97 Å². The van der Waals surface area contributed by atoms with Crippen molar-refractivity contribution in [3.8, 4) is 57.4 Å². The molecule has 0 amide bonds. The molecule has 0 unspecified atom stereocenters. The van der Waals surface area contributed by atoms with Crippen LogP contribution in [0.25, 0.3) is 100.0 Å². The Labute approximate surface area is 317 Å². The van der Waals surface area contributed by atoms with Crippen molar-refractivity contribution in [3.63, 3.8) is 0 Å². The highest BCUT2D eigenvalue weighted by Crippen LogP contribution is 2.46. The third-order valence-electron chi connectivity index (χ3n) is 10.6. The lowest BCUT2D eigenvalue weighted by molar-refractivity contribution is 0.348. The molecular formula is C45H26BN5O5. The van der Waals surface area contributed by atoms with E-state index in [0.29, 0.717) is 11.1 Å². The summed E-state index contributed by atoms with van der Waals surface area (Å²) in [5, 5.41) is 48.9. The average molecular weight is 728 g/mol. The highest BCUT2D eigenvalue weighted by Gasteiger charge is 2.27. The summed E-state index contributed by atoms with van der Waals surface area (Å²) >= 11 is 0. The van der Waals surface area contributed by atoms with E-state index in [0.717, 1.165) is 65.7 Å². The topological polar surface area (TPSA) is 143 Å². The predicted octanol–water partition coefficient (Wildman–Crippen LogP) is 8.92. The van der Waals surface area contributed by atoms with Crippen LogP contribution in [0.4, 0.5) is 0 Å². The maximum absolute atomic E-state index is 11.2. The van der Waals surface area contributed by atoms with Crippen LogP contribution in [0.3, 0.4) is 0 Å². The van der Waals surface area contributed by atoms with Crippen molar-refractivity contribution >= 4 is 78.9 Å². The van der Waals surface area contributed by atoms with Crippen molar-refractivity contribution in [1.82, 2.24) is 24.1 Å². The minimum absolute atomic E-state index is 0.156. The van der Waals surface area contributed by atoms with Crippen LogP contribution in [0.15, 0.2) is 138 Å². The van der Waals surface area contributed by atoms with E-state index < -0.39 is 28.5 Å². The second kappa shape index (κ2) is 11.6. The zero-order chi connectivity index (χ0) is 37.8. The van der Waals surface area contributed by atoms with Gasteiger partial charge in [0.05, 0.1) is 27.6 Å². The number of hydrogen-bond acceptors (Lipinski definition) is 8. The number of furan rings is 1. The van der Waals surface area contributed by atoms with Gasteiger partial charge in [-0.1, -0.05) is 91.0 Å². The molecule has 0 bridgehead atoms. The SMILES string of the molecule is [B]c1c(O)c(O)c(O)c(O)c1-c1nc(-c2ccc3c(c2)oc2ccccc23)nc(-n2c3ccccc3c3ccc4c5ccccc5n(-c5ccccc5)c4c32)n1. The number of para-hydroxylation sites is 4. The second-order valence-electron chi connectivity index (χ2n) is 13.7. The summed E-state index contributed by atoms with van der Waals surface area (Å²) in [7, 11) is 6.34. The third-order valence-corrected chi connectivity index (χ3v) is 10.6. The van der Waals surface area contributed by atoms with Gasteiger partial charge in [0.15, 0.2) is 23.1 Å². The van der Waals surface area contributed by atoms with Gasteiger partial charge >= 0.3 is 0 Å². The molecule has 11 heteroatoms. The highest BCUT2D eigenvalue weighted by atomic mass is 16.3. The molecule has 4 N–H and O–H groups in total. The first-order valence-electron chi connectivity index (χ1n) is 17.8. The first kappa shape index (κ1) is 31.7. The zero-order valence-corrected chi connectivity index (χ0v) is 29.2. The lowest BCUT2D eigenvalue weighted by atomic mass is 9.87. The van der Waals surface area contributed by atoms with Crippen molar-refractivity contribution in [3.05, 3.63) is 133 Å². The summed E-state index contributed by atoms with van der Waals surface area (Å²) < 4.78 is 10.4. The molecule has 0 saturated carbocycles. The number of phenolic OH excluding ortho intramolecular Hbond substituents is 4. The maximum Gasteiger partial charge on any atom is 0.238 e. The average Bonchev–Trinajstić information content (AvgIpc) is 3.90. The molecule has 4 aromatic heterocycles. The van der Waals surface area contributed by atoms with Gasteiger partial charge in [-0.05, 0) is 47.9 Å². The molecule has 4 heterocycles. The molecule has 0 aliphatic carbocycles. The van der Waals surface area contributed by atoms with Gasteiger partial charge in [-0.3, -0.25) is 4.57 Å². The summed E-state index contributed by atoms with van der Waals surface area (Å²) in [6.07, 6.45) is 0. The Morgan fingerprint density at radius 3 is 1.75 bits per heavy atom. The van der Waals surface area contributed by atoms with Crippen LogP contribution in [0.1, 0.15) is 0 Å². The van der Waals surface area contributed by atoms with Gasteiger partial charge in [0, 0.05) is 43.6 Å². The number of benzene rings is 7. The van der Waals surface area contributed by atoms with E-state index in [-0.39, 0.29) is 23.2 Å². The van der Waals surface area contributed by atoms with Gasteiger partial charge in [-0.25, -0.2) is 4.98 Å². The Morgan fingerprint density at radius 1 is 0.464 bits per heavy atom. The Bertz CT molecular complexity index is 3410. The Kier molecular flexibility index (Phi) is 6.57. The molecule has 0 saturated heterocycles. The Balaban J connectivity index is 1.29. The number of rotatable bonds is 4. The van der Waals surface area contributed by atoms with Crippen LogP contribution in [0.2, 0.25) is 0 Å². The number of fused-ring (bicyclic) bond motifs is 10. The van der Waals surface area contributed by atoms with Crippen molar-refractivity contribution < 1.29 is 24.8 Å². The first-order chi connectivity index (χ1) is 27.4. The minimum atomic E-state index is -0.968. The second-order valence-corrected chi connectivity index (χ2v) is 13.7. The molecular weight excluding hydrogens is 701 g/mol. The monoisotopic (exact) mass is 727 g/mol. The number of aromatic hydroxyl groups is 4. The number of nitrogens with zero attached hydrogens (tertiary/aromatic N) is 5. The fourth-order valence-corrected chi connectivity index (χ4v) is 8.07. The van der Waals surface area contributed by atoms with Crippen LogP contribution in [-0.4, -0.2) is 52.4 Å². The quantitative estimate of drug-likeness (QED) is 0.0800. The molecule has 0 aliphatic heterocycles. The molecule has 264 valence electrons. The molecule has 11 rings (SSSR count). The van der Waals surface area contributed by atoms with E-state index >= 15 is 0 Å². The summed E-state index contributed by atoms with van der Waals surface area (Å²) in [6, 6.07) is 44.0. The zero-order valence-electron chi connectivity index (χ0n) is 29.2. The number of aromatic nitrogens is 5. The van der Waals surface area contributed by atoms with Crippen LogP contribution >= 0.6 is 0 Å². The van der Waals surface area contributed by atoms with E-state index in [9.17, 15) is 20.4 Å². The molecule has 0 fully saturated rings. The van der Waals surface area contributed by atoms with E-state index in [1.165, 1.54) is 0 Å². The summed E-state index contributed by atoms with van der Waals surface area (Å²) in [6.45, 7) is 0. The third kappa shape index (κ3) is 4.36. The molecule has 11 aromatic rings. The summed E-state index contributed by atoms with van der Waals surface area (Å²) in [5.74, 6) is -3.35. The van der Waals surface area contributed by atoms with Gasteiger partial charge in [-0.15, -0.1) is 0 Å². The van der Waals surface area contributed by atoms with E-state index in [2.05, 4.69) is 41.0 Å². The predicted molar refractivity (Wildman–Crippen MR) is 219 cm³/mol. The van der Waals surface area contributed by atoms with E-state index in [4.69, 9.17) is 27.2 Å². The van der Waals surface area contributed by atoms with Crippen molar-refractivity contribution in [1.29, 1.82) is 0 Å². The lowest BCUT2D eigenvalue weighted by Gasteiger charge is -2.16. The standard InChI is InChI=1S/C45H26BN5O5/c46-36-35(39(52)41(54)42(55)40(36)53)44-47-43(23-18-19-28-27-14-6-9-17-33(27)56-34(28)22-23)48-45(49-44)51-32-16-8-5-13-26(32)30-21-20-29-25-12-4-7-15-31(25)50(37(29)38(30)51)24-10-2-1-3-11-24/h1-22,52-55H. The van der Waals surface area contributed by atoms with Crippen LogP contribution in [0, 0.1) is 0 Å². The smallest absolute Gasteiger partial charge is 0.238 e. The first-order valence-corrected chi connectivity index (χ1v) is 17.8. The summed E-state index contributed by atoms with van der Waals surface area (Å²) in [4.78, 5) is 14.8. The van der Waals surface area contributed by atoms with E-state index in [1.54, 1.807) is 0 Å². The van der Waals surface area contributed by atoms with Crippen molar-refractivity contribution in [2.45, 2.75) is 0 Å². The molecule has 0 spiro atoms. The largest absolute Gasteiger partial charge is 0.505 e. The Morgan fingerprint density at radius 2 is 1.02 bits per heavy atom. The summed E-state index contributed by atoms with van der Waals surface area (Å²) in [5.41, 5.74) is 5.70. The lowest BCUT2D eigenvalue weighted by Crippen LogP contribution is -2.13. The van der Waals surface area contributed by atoms with E-state index in [1.807, 2.05) is 102 Å². The molecule has 7 aromatic carbocycles. The fourth-order valence-electron chi connectivity index (χ4n) is 8.07. The molecule has 56 heavy (non-hydrogen) atoms. The number of phenols is 4. The molecule has 0 aliphatic rings. The van der Waals surface area contributed by atoms with Gasteiger partial charge in [0.1, 0.15) is 19.0 Å². The highest BCUT2D eigenvalue weighted by molar-refractivity contribution is 6.39. The fraction of sp³-hybridized carbons (Fsp3) is 0. The molecule has 2 radical (unpaired) electrons.